The highest BCUT2D eigenvalue weighted by atomic mass is 16.2. The van der Waals surface area contributed by atoms with Crippen molar-refractivity contribution in [2.45, 2.75) is 25.3 Å². The minimum atomic E-state index is -0.243. The van der Waals surface area contributed by atoms with Crippen molar-refractivity contribution >= 4 is 11.7 Å². The molecule has 11 heteroatoms. The van der Waals surface area contributed by atoms with Gasteiger partial charge in [0, 0.05) is 44.2 Å². The summed E-state index contributed by atoms with van der Waals surface area (Å²) in [4.78, 5) is 41.2. The van der Waals surface area contributed by atoms with E-state index in [9.17, 15) is 9.59 Å². The largest absolute Gasteiger partial charge is 0.353 e. The Balaban J connectivity index is 1.22. The number of nitrogens with zero attached hydrogens (tertiary/aromatic N) is 9. The molecule has 0 radical (unpaired) electrons. The Labute approximate surface area is 172 Å². The van der Waals surface area contributed by atoms with Crippen molar-refractivity contribution in [3.63, 3.8) is 0 Å². The molecule has 1 aliphatic carbocycles. The molecule has 4 heterocycles. The fourth-order valence-electron chi connectivity index (χ4n) is 3.55. The third-order valence-corrected chi connectivity index (χ3v) is 5.42. The molecule has 0 unspecified atom stereocenters. The van der Waals surface area contributed by atoms with Gasteiger partial charge in [-0.1, -0.05) is 0 Å². The Bertz CT molecular complexity index is 1100. The first-order valence-electron chi connectivity index (χ1n) is 9.95. The summed E-state index contributed by atoms with van der Waals surface area (Å²) in [6.07, 6.45) is 6.73. The number of aromatic nitrogens is 7. The molecule has 30 heavy (non-hydrogen) atoms. The lowest BCUT2D eigenvalue weighted by molar-refractivity contribution is -0.132. The van der Waals surface area contributed by atoms with Crippen LogP contribution in [0.3, 0.4) is 0 Å². The average Bonchev–Trinajstić information content (AvgIpc) is 3.49. The quantitative estimate of drug-likeness (QED) is 0.573. The Kier molecular flexibility index (Phi) is 4.69. The SMILES string of the molecule is O=C(Cn1nc(C2CC2)ccc1=O)N1CCN(c2cc(-n3cncn3)ncn2)CC1. The zero-order valence-corrected chi connectivity index (χ0v) is 16.3. The van der Waals surface area contributed by atoms with E-state index in [1.165, 1.54) is 23.4 Å². The summed E-state index contributed by atoms with van der Waals surface area (Å²) in [5.74, 6) is 1.75. The van der Waals surface area contributed by atoms with Crippen LogP contribution in [0, 0.1) is 0 Å². The molecule has 0 atom stereocenters. The summed E-state index contributed by atoms with van der Waals surface area (Å²) in [6, 6.07) is 5.13. The molecule has 3 aromatic heterocycles. The monoisotopic (exact) mass is 407 g/mol. The average molecular weight is 407 g/mol. The molecule has 0 spiro atoms. The van der Waals surface area contributed by atoms with E-state index >= 15 is 0 Å². The van der Waals surface area contributed by atoms with Crippen LogP contribution in [0.4, 0.5) is 5.82 Å². The highest BCUT2D eigenvalue weighted by Crippen LogP contribution is 2.38. The summed E-state index contributed by atoms with van der Waals surface area (Å²) >= 11 is 0. The van der Waals surface area contributed by atoms with Gasteiger partial charge in [-0.15, -0.1) is 0 Å². The number of anilines is 1. The van der Waals surface area contributed by atoms with Crippen molar-refractivity contribution < 1.29 is 4.79 Å². The molecule has 0 N–H and O–H groups in total. The lowest BCUT2D eigenvalue weighted by atomic mass is 10.3. The number of hydrogen-bond donors (Lipinski definition) is 0. The molecule has 1 saturated carbocycles. The molecule has 1 aliphatic heterocycles. The van der Waals surface area contributed by atoms with E-state index in [2.05, 4.69) is 30.0 Å². The molecule has 1 saturated heterocycles. The summed E-state index contributed by atoms with van der Waals surface area (Å²) in [6.45, 7) is 2.37. The van der Waals surface area contributed by atoms with E-state index in [-0.39, 0.29) is 18.0 Å². The molecule has 11 nitrogen and oxygen atoms in total. The molecule has 0 aromatic carbocycles. The van der Waals surface area contributed by atoms with Crippen LogP contribution in [0.2, 0.25) is 0 Å². The third kappa shape index (κ3) is 3.78. The van der Waals surface area contributed by atoms with Crippen molar-refractivity contribution in [2.24, 2.45) is 0 Å². The van der Waals surface area contributed by atoms with E-state index in [1.54, 1.807) is 22.0 Å². The second kappa shape index (κ2) is 7.65. The third-order valence-electron chi connectivity index (χ3n) is 5.42. The molecular formula is C19H21N9O2. The van der Waals surface area contributed by atoms with Crippen molar-refractivity contribution in [2.75, 3.05) is 31.1 Å². The van der Waals surface area contributed by atoms with Crippen molar-refractivity contribution in [3.8, 4) is 5.82 Å². The van der Waals surface area contributed by atoms with E-state index in [1.807, 2.05) is 6.07 Å². The normalized spacial score (nSPS) is 16.7. The van der Waals surface area contributed by atoms with Crippen LogP contribution in [0.25, 0.3) is 5.82 Å². The first kappa shape index (κ1) is 18.4. The van der Waals surface area contributed by atoms with Crippen LogP contribution in [0.1, 0.15) is 24.5 Å². The van der Waals surface area contributed by atoms with Gasteiger partial charge in [-0.2, -0.15) is 10.2 Å². The predicted molar refractivity (Wildman–Crippen MR) is 106 cm³/mol. The summed E-state index contributed by atoms with van der Waals surface area (Å²) in [7, 11) is 0. The molecule has 5 rings (SSSR count). The second-order valence-electron chi connectivity index (χ2n) is 7.47. The number of rotatable bonds is 5. The number of amides is 1. The van der Waals surface area contributed by atoms with Crippen molar-refractivity contribution in [3.05, 3.63) is 53.2 Å². The van der Waals surface area contributed by atoms with Gasteiger partial charge < -0.3 is 9.80 Å². The van der Waals surface area contributed by atoms with Crippen LogP contribution in [-0.2, 0) is 11.3 Å². The summed E-state index contributed by atoms with van der Waals surface area (Å²) in [5.41, 5.74) is 0.659. The molecule has 2 fully saturated rings. The fourth-order valence-corrected chi connectivity index (χ4v) is 3.55. The van der Waals surface area contributed by atoms with Gasteiger partial charge in [0.25, 0.3) is 5.56 Å². The fraction of sp³-hybridized carbons (Fsp3) is 0.421. The molecule has 2 aliphatic rings. The maximum absolute atomic E-state index is 12.7. The van der Waals surface area contributed by atoms with Gasteiger partial charge in [-0.3, -0.25) is 9.59 Å². The van der Waals surface area contributed by atoms with E-state index in [4.69, 9.17) is 0 Å². The number of piperazine rings is 1. The van der Waals surface area contributed by atoms with Crippen LogP contribution in [0.5, 0.6) is 0 Å². The maximum Gasteiger partial charge on any atom is 0.267 e. The Morgan fingerprint density at radius 2 is 1.83 bits per heavy atom. The van der Waals surface area contributed by atoms with Gasteiger partial charge in [0.2, 0.25) is 5.91 Å². The number of carbonyl (C=O) groups excluding carboxylic acids is 1. The Morgan fingerprint density at radius 3 is 2.57 bits per heavy atom. The molecular weight excluding hydrogens is 386 g/mol. The Morgan fingerprint density at radius 1 is 1.03 bits per heavy atom. The molecule has 154 valence electrons. The first-order valence-corrected chi connectivity index (χ1v) is 9.95. The highest BCUT2D eigenvalue weighted by Gasteiger charge is 2.27. The lowest BCUT2D eigenvalue weighted by Gasteiger charge is -2.35. The Hall–Kier alpha value is -3.63. The standard InChI is InChI=1S/C19H21N9O2/c29-18-4-3-15(14-1-2-14)24-27(18)10-19(30)26-7-5-25(6-8-26)16-9-17(22-12-21-16)28-13-20-11-23-28/h3-4,9,11-14H,1-2,5-8,10H2. The minimum Gasteiger partial charge on any atom is -0.353 e. The smallest absolute Gasteiger partial charge is 0.267 e. The summed E-state index contributed by atoms with van der Waals surface area (Å²) in [5, 5.41) is 8.47. The highest BCUT2D eigenvalue weighted by molar-refractivity contribution is 5.76. The molecule has 0 bridgehead atoms. The topological polar surface area (TPSA) is 115 Å². The minimum absolute atomic E-state index is 0.0245. The van der Waals surface area contributed by atoms with E-state index < -0.39 is 0 Å². The van der Waals surface area contributed by atoms with Gasteiger partial charge >= 0.3 is 0 Å². The van der Waals surface area contributed by atoms with Gasteiger partial charge in [-0.05, 0) is 18.9 Å². The van der Waals surface area contributed by atoms with Crippen molar-refractivity contribution in [1.82, 2.24) is 39.4 Å². The van der Waals surface area contributed by atoms with Crippen molar-refractivity contribution in [1.29, 1.82) is 0 Å². The van der Waals surface area contributed by atoms with E-state index in [0.717, 1.165) is 24.4 Å². The van der Waals surface area contributed by atoms with Gasteiger partial charge in [0.05, 0.1) is 5.69 Å². The zero-order chi connectivity index (χ0) is 20.5. The van der Waals surface area contributed by atoms with Gasteiger partial charge in [-0.25, -0.2) is 24.3 Å². The van der Waals surface area contributed by atoms with Crippen LogP contribution < -0.4 is 10.5 Å². The first-order chi connectivity index (χ1) is 14.7. The predicted octanol–water partition coefficient (Wildman–Crippen LogP) is -0.160. The van der Waals surface area contributed by atoms with E-state index in [0.29, 0.717) is 37.9 Å². The van der Waals surface area contributed by atoms with Crippen LogP contribution >= 0.6 is 0 Å². The number of hydrogen-bond acceptors (Lipinski definition) is 8. The maximum atomic E-state index is 12.7. The lowest BCUT2D eigenvalue weighted by Crippen LogP contribution is -2.50. The number of carbonyl (C=O) groups is 1. The molecule has 1 amide bonds. The second-order valence-corrected chi connectivity index (χ2v) is 7.47. The van der Waals surface area contributed by atoms with Crippen LogP contribution in [-0.4, -0.2) is 71.5 Å². The van der Waals surface area contributed by atoms with Gasteiger partial charge in [0.15, 0.2) is 5.82 Å². The molecule has 3 aromatic rings. The van der Waals surface area contributed by atoms with Gasteiger partial charge in [0.1, 0.15) is 31.3 Å². The van der Waals surface area contributed by atoms with Crippen LogP contribution in [0.15, 0.2) is 42.0 Å². The summed E-state index contributed by atoms with van der Waals surface area (Å²) < 4.78 is 2.86. The zero-order valence-electron chi connectivity index (χ0n) is 16.3.